The molecule has 6 heteroatoms. The number of aromatic nitrogens is 2. The SMILES string of the molecule is COc1cc(Cl)c(C)cc1Nc1nc2c(c(=O)[nH]1)CCCC2. The molecule has 0 amide bonds. The van der Waals surface area contributed by atoms with Gasteiger partial charge in [-0.05, 0) is 44.2 Å². The number of nitrogens with zero attached hydrogens (tertiary/aromatic N) is 1. The summed E-state index contributed by atoms with van der Waals surface area (Å²) in [6.07, 6.45) is 3.78. The van der Waals surface area contributed by atoms with E-state index in [4.69, 9.17) is 16.3 Å². The highest BCUT2D eigenvalue weighted by Gasteiger charge is 2.16. The van der Waals surface area contributed by atoms with E-state index in [-0.39, 0.29) is 5.56 Å². The van der Waals surface area contributed by atoms with Gasteiger partial charge in [-0.1, -0.05) is 11.6 Å². The van der Waals surface area contributed by atoms with Gasteiger partial charge in [-0.2, -0.15) is 0 Å². The number of hydrogen-bond acceptors (Lipinski definition) is 4. The smallest absolute Gasteiger partial charge is 0.255 e. The Balaban J connectivity index is 1.98. The lowest BCUT2D eigenvalue weighted by atomic mass is 9.97. The van der Waals surface area contributed by atoms with Gasteiger partial charge in [0.1, 0.15) is 5.75 Å². The third kappa shape index (κ3) is 2.81. The molecule has 5 nitrogen and oxygen atoms in total. The Kier molecular flexibility index (Phi) is 4.07. The number of methoxy groups -OCH3 is 1. The molecule has 1 aromatic heterocycles. The van der Waals surface area contributed by atoms with Gasteiger partial charge in [0, 0.05) is 16.7 Å². The lowest BCUT2D eigenvalue weighted by molar-refractivity contribution is 0.416. The van der Waals surface area contributed by atoms with E-state index in [9.17, 15) is 4.79 Å². The molecule has 0 aliphatic heterocycles. The molecule has 0 spiro atoms. The molecule has 0 saturated carbocycles. The second-order valence-corrected chi connectivity index (χ2v) is 5.88. The Hall–Kier alpha value is -2.01. The number of rotatable bonds is 3. The molecule has 0 saturated heterocycles. The van der Waals surface area contributed by atoms with E-state index in [1.807, 2.05) is 13.0 Å². The molecule has 1 aliphatic rings. The molecule has 0 fully saturated rings. The topological polar surface area (TPSA) is 67.0 Å². The van der Waals surface area contributed by atoms with Crippen LogP contribution in [-0.2, 0) is 12.8 Å². The summed E-state index contributed by atoms with van der Waals surface area (Å²) in [5.74, 6) is 1.04. The van der Waals surface area contributed by atoms with Crippen molar-refractivity contribution >= 4 is 23.2 Å². The van der Waals surface area contributed by atoms with E-state index in [1.165, 1.54) is 0 Å². The summed E-state index contributed by atoms with van der Waals surface area (Å²) in [5.41, 5.74) is 3.30. The summed E-state index contributed by atoms with van der Waals surface area (Å²) in [5, 5.41) is 3.77. The highest BCUT2D eigenvalue weighted by atomic mass is 35.5. The zero-order valence-electron chi connectivity index (χ0n) is 12.6. The maximum absolute atomic E-state index is 12.2. The maximum Gasteiger partial charge on any atom is 0.255 e. The van der Waals surface area contributed by atoms with Crippen LogP contribution in [0.15, 0.2) is 16.9 Å². The highest BCUT2D eigenvalue weighted by Crippen LogP contribution is 2.32. The molecule has 1 heterocycles. The predicted octanol–water partition coefficient (Wildman–Crippen LogP) is 3.36. The second-order valence-electron chi connectivity index (χ2n) is 5.47. The van der Waals surface area contributed by atoms with E-state index in [2.05, 4.69) is 15.3 Å². The maximum atomic E-state index is 12.2. The minimum atomic E-state index is -0.0585. The van der Waals surface area contributed by atoms with Crippen LogP contribution < -0.4 is 15.6 Å². The first-order chi connectivity index (χ1) is 10.6. The van der Waals surface area contributed by atoms with Crippen molar-refractivity contribution < 1.29 is 4.74 Å². The molecule has 1 aliphatic carbocycles. The molecule has 0 unspecified atom stereocenters. The van der Waals surface area contributed by atoms with Gasteiger partial charge >= 0.3 is 0 Å². The van der Waals surface area contributed by atoms with Crippen molar-refractivity contribution in [3.8, 4) is 5.75 Å². The number of aryl methyl sites for hydroxylation is 2. The van der Waals surface area contributed by atoms with Gasteiger partial charge in [-0.3, -0.25) is 9.78 Å². The van der Waals surface area contributed by atoms with Crippen molar-refractivity contribution in [2.24, 2.45) is 0 Å². The largest absolute Gasteiger partial charge is 0.495 e. The Morgan fingerprint density at radius 1 is 1.32 bits per heavy atom. The Bertz CT molecular complexity index is 771. The first-order valence-electron chi connectivity index (χ1n) is 7.31. The summed E-state index contributed by atoms with van der Waals surface area (Å²) >= 11 is 6.11. The molecule has 22 heavy (non-hydrogen) atoms. The van der Waals surface area contributed by atoms with Crippen molar-refractivity contribution in [2.45, 2.75) is 32.6 Å². The summed E-state index contributed by atoms with van der Waals surface area (Å²) in [6, 6.07) is 3.62. The Morgan fingerprint density at radius 2 is 2.09 bits per heavy atom. The zero-order valence-corrected chi connectivity index (χ0v) is 13.4. The van der Waals surface area contributed by atoms with Crippen LogP contribution >= 0.6 is 11.6 Å². The molecular formula is C16H18ClN3O2. The molecule has 2 N–H and O–H groups in total. The summed E-state index contributed by atoms with van der Waals surface area (Å²) in [6.45, 7) is 1.91. The van der Waals surface area contributed by atoms with E-state index < -0.39 is 0 Å². The van der Waals surface area contributed by atoms with Crippen LogP contribution in [0.1, 0.15) is 29.7 Å². The molecule has 116 valence electrons. The van der Waals surface area contributed by atoms with E-state index in [1.54, 1.807) is 13.2 Å². The van der Waals surface area contributed by atoms with Crippen molar-refractivity contribution in [3.63, 3.8) is 0 Å². The quantitative estimate of drug-likeness (QED) is 0.910. The molecule has 0 radical (unpaired) electrons. The van der Waals surface area contributed by atoms with Crippen LogP contribution in [0.25, 0.3) is 0 Å². The molecule has 0 atom stereocenters. The minimum absolute atomic E-state index is 0.0585. The minimum Gasteiger partial charge on any atom is -0.495 e. The molecule has 1 aromatic carbocycles. The number of halogens is 1. The standard InChI is InChI=1S/C16H18ClN3O2/c1-9-7-13(14(22-2)8-11(9)17)19-16-18-12-6-4-3-5-10(12)15(21)20-16/h7-8H,3-6H2,1-2H3,(H2,18,19,20,21). The second kappa shape index (κ2) is 6.01. The number of anilines is 2. The first kappa shape index (κ1) is 14.9. The van der Waals surface area contributed by atoms with Gasteiger partial charge in [0.15, 0.2) is 0 Å². The van der Waals surface area contributed by atoms with E-state index in [0.29, 0.717) is 16.7 Å². The van der Waals surface area contributed by atoms with Crippen molar-refractivity contribution in [1.82, 2.24) is 9.97 Å². The zero-order chi connectivity index (χ0) is 15.7. The number of nitrogens with one attached hydrogen (secondary N) is 2. The normalized spacial score (nSPS) is 13.6. The van der Waals surface area contributed by atoms with Crippen LogP contribution in [0.5, 0.6) is 5.75 Å². The van der Waals surface area contributed by atoms with Crippen LogP contribution in [0.2, 0.25) is 5.02 Å². The van der Waals surface area contributed by atoms with Gasteiger partial charge in [0.25, 0.3) is 5.56 Å². The first-order valence-corrected chi connectivity index (χ1v) is 7.69. The third-order valence-corrected chi connectivity index (χ3v) is 4.33. The number of benzene rings is 1. The average molecular weight is 320 g/mol. The van der Waals surface area contributed by atoms with Gasteiger partial charge in [0.05, 0.1) is 18.5 Å². The molecular weight excluding hydrogens is 302 g/mol. The third-order valence-electron chi connectivity index (χ3n) is 3.93. The van der Waals surface area contributed by atoms with Crippen molar-refractivity contribution in [1.29, 1.82) is 0 Å². The van der Waals surface area contributed by atoms with Gasteiger partial charge < -0.3 is 10.1 Å². The fraction of sp³-hybridized carbons (Fsp3) is 0.375. The average Bonchev–Trinajstić information content (AvgIpc) is 2.51. The number of hydrogen-bond donors (Lipinski definition) is 2. The van der Waals surface area contributed by atoms with E-state index in [0.717, 1.165) is 48.2 Å². The number of aromatic amines is 1. The van der Waals surface area contributed by atoms with Gasteiger partial charge in [-0.25, -0.2) is 4.98 Å². The summed E-state index contributed by atoms with van der Waals surface area (Å²) in [7, 11) is 1.58. The lowest BCUT2D eigenvalue weighted by Crippen LogP contribution is -2.22. The van der Waals surface area contributed by atoms with E-state index >= 15 is 0 Å². The lowest BCUT2D eigenvalue weighted by Gasteiger charge is -2.16. The van der Waals surface area contributed by atoms with Crippen LogP contribution in [-0.4, -0.2) is 17.1 Å². The number of ether oxygens (including phenoxy) is 1. The monoisotopic (exact) mass is 319 g/mol. The fourth-order valence-electron chi connectivity index (χ4n) is 2.72. The van der Waals surface area contributed by atoms with Gasteiger partial charge in [0.2, 0.25) is 5.95 Å². The molecule has 3 rings (SSSR count). The Morgan fingerprint density at radius 3 is 2.86 bits per heavy atom. The number of fused-ring (bicyclic) bond motifs is 1. The van der Waals surface area contributed by atoms with Crippen LogP contribution in [0.4, 0.5) is 11.6 Å². The predicted molar refractivity (Wildman–Crippen MR) is 87.5 cm³/mol. The fourth-order valence-corrected chi connectivity index (χ4v) is 2.87. The summed E-state index contributed by atoms with van der Waals surface area (Å²) < 4.78 is 5.33. The van der Waals surface area contributed by atoms with Crippen molar-refractivity contribution in [3.05, 3.63) is 44.3 Å². The molecule has 2 aromatic rings. The summed E-state index contributed by atoms with van der Waals surface area (Å²) in [4.78, 5) is 19.5. The highest BCUT2D eigenvalue weighted by molar-refractivity contribution is 6.31. The Labute approximate surface area is 133 Å². The van der Waals surface area contributed by atoms with Crippen LogP contribution in [0.3, 0.4) is 0 Å². The molecule has 0 bridgehead atoms. The van der Waals surface area contributed by atoms with Crippen LogP contribution in [0, 0.1) is 6.92 Å². The number of H-pyrrole nitrogens is 1. The van der Waals surface area contributed by atoms with Crippen molar-refractivity contribution in [2.75, 3.05) is 12.4 Å². The van der Waals surface area contributed by atoms with Gasteiger partial charge in [-0.15, -0.1) is 0 Å².